The summed E-state index contributed by atoms with van der Waals surface area (Å²) in [5, 5.41) is 0.657. The Balaban J connectivity index is 1.94. The predicted molar refractivity (Wildman–Crippen MR) is 96.3 cm³/mol. The number of likely N-dealkylation sites (N-methyl/N-ethyl adjacent to an activating group) is 1. The number of benzene rings is 2. The quantitative estimate of drug-likeness (QED) is 0.752. The van der Waals surface area contributed by atoms with Crippen molar-refractivity contribution in [3.63, 3.8) is 0 Å². The molecule has 1 fully saturated rings. The zero-order valence-electron chi connectivity index (χ0n) is 13.3. The van der Waals surface area contributed by atoms with Gasteiger partial charge in [-0.1, -0.05) is 41.9 Å². The van der Waals surface area contributed by atoms with Crippen molar-refractivity contribution in [3.05, 3.63) is 81.6 Å². The maximum absolute atomic E-state index is 13.9. The number of rotatable bonds is 2. The molecule has 3 rings (SSSR count). The number of nitrogens with zero attached hydrogens (tertiary/aromatic N) is 1. The molecule has 0 N–H and O–H groups in total. The summed E-state index contributed by atoms with van der Waals surface area (Å²) in [6, 6.07) is 13.8. The summed E-state index contributed by atoms with van der Waals surface area (Å²) in [4.78, 5) is 14.8. The standard InChI is InChI=1S/C20H17ClFNO/c1-23-12-16(10-14-6-8-18(21)9-7-14)20(24)17(13-23)11-15-4-2-3-5-19(15)22/h2-11H,12-13H2,1H3/b16-10+,17-11+. The van der Waals surface area contributed by atoms with E-state index in [1.807, 2.05) is 30.2 Å². The number of halogens is 2. The van der Waals surface area contributed by atoms with Crippen LogP contribution < -0.4 is 0 Å². The van der Waals surface area contributed by atoms with Crippen molar-refractivity contribution in [2.24, 2.45) is 0 Å². The first-order valence-corrected chi connectivity index (χ1v) is 8.05. The maximum Gasteiger partial charge on any atom is 0.187 e. The van der Waals surface area contributed by atoms with Gasteiger partial charge in [0.15, 0.2) is 5.78 Å². The van der Waals surface area contributed by atoms with Crippen LogP contribution in [-0.4, -0.2) is 30.8 Å². The number of carbonyl (C=O) groups excluding carboxylic acids is 1. The van der Waals surface area contributed by atoms with Crippen molar-refractivity contribution in [3.8, 4) is 0 Å². The zero-order valence-corrected chi connectivity index (χ0v) is 14.1. The first kappa shape index (κ1) is 16.6. The Morgan fingerprint density at radius 3 is 2.29 bits per heavy atom. The normalized spacial score (nSPS) is 19.2. The van der Waals surface area contributed by atoms with Crippen LogP contribution in [-0.2, 0) is 4.79 Å². The third kappa shape index (κ3) is 3.81. The number of likely N-dealkylation sites (tertiary alicyclic amines) is 1. The summed E-state index contributed by atoms with van der Waals surface area (Å²) in [5.41, 5.74) is 2.63. The monoisotopic (exact) mass is 341 g/mol. The third-order valence-corrected chi connectivity index (χ3v) is 4.16. The van der Waals surface area contributed by atoms with E-state index >= 15 is 0 Å². The molecule has 1 aliphatic heterocycles. The number of Topliss-reactive ketones (excluding diaryl/α,β-unsaturated/α-hetero) is 1. The molecule has 122 valence electrons. The Labute approximate surface area is 145 Å². The molecule has 0 radical (unpaired) electrons. The zero-order chi connectivity index (χ0) is 17.1. The predicted octanol–water partition coefficient (Wildman–Crippen LogP) is 4.46. The summed E-state index contributed by atoms with van der Waals surface area (Å²) in [6.45, 7) is 1.07. The van der Waals surface area contributed by atoms with Gasteiger partial charge in [0.05, 0.1) is 0 Å². The first-order chi connectivity index (χ1) is 11.5. The molecule has 0 saturated carbocycles. The fourth-order valence-corrected chi connectivity index (χ4v) is 2.88. The molecule has 1 saturated heterocycles. The summed E-state index contributed by atoms with van der Waals surface area (Å²) < 4.78 is 13.9. The van der Waals surface area contributed by atoms with E-state index in [1.165, 1.54) is 6.07 Å². The van der Waals surface area contributed by atoms with E-state index in [4.69, 9.17) is 11.6 Å². The van der Waals surface area contributed by atoms with Crippen LogP contribution in [0.25, 0.3) is 12.2 Å². The van der Waals surface area contributed by atoms with Crippen molar-refractivity contribution >= 4 is 29.5 Å². The topological polar surface area (TPSA) is 20.3 Å². The molecule has 0 amide bonds. The van der Waals surface area contributed by atoms with Gasteiger partial charge in [-0.3, -0.25) is 9.69 Å². The molecule has 2 aromatic carbocycles. The van der Waals surface area contributed by atoms with E-state index in [2.05, 4.69) is 0 Å². The van der Waals surface area contributed by atoms with Crippen molar-refractivity contribution in [1.82, 2.24) is 4.90 Å². The van der Waals surface area contributed by atoms with Crippen LogP contribution in [0.5, 0.6) is 0 Å². The van der Waals surface area contributed by atoms with Gasteiger partial charge in [-0.2, -0.15) is 0 Å². The molecule has 4 heteroatoms. The van der Waals surface area contributed by atoms with Crippen molar-refractivity contribution in [1.29, 1.82) is 0 Å². The molecule has 0 aromatic heterocycles. The Hall–Kier alpha value is -2.23. The van der Waals surface area contributed by atoms with Crippen molar-refractivity contribution in [2.75, 3.05) is 20.1 Å². The van der Waals surface area contributed by atoms with Crippen LogP contribution in [0, 0.1) is 5.82 Å². The number of piperidine rings is 1. The second kappa shape index (κ2) is 7.12. The minimum absolute atomic E-state index is 0.0358. The lowest BCUT2D eigenvalue weighted by molar-refractivity contribution is -0.113. The molecule has 0 spiro atoms. The van der Waals surface area contributed by atoms with E-state index in [9.17, 15) is 9.18 Å². The average molecular weight is 342 g/mol. The first-order valence-electron chi connectivity index (χ1n) is 7.67. The van der Waals surface area contributed by atoms with Gasteiger partial charge in [-0.25, -0.2) is 4.39 Å². The molecule has 0 atom stereocenters. The highest BCUT2D eigenvalue weighted by molar-refractivity contribution is 6.30. The van der Waals surface area contributed by atoms with Gasteiger partial charge in [0.2, 0.25) is 0 Å². The van der Waals surface area contributed by atoms with Gasteiger partial charge in [0.25, 0.3) is 0 Å². The Morgan fingerprint density at radius 1 is 1.00 bits per heavy atom. The fourth-order valence-electron chi connectivity index (χ4n) is 2.75. The van der Waals surface area contributed by atoms with Gasteiger partial charge in [0.1, 0.15) is 5.82 Å². The van der Waals surface area contributed by atoms with Gasteiger partial charge in [-0.05, 0) is 43.0 Å². The van der Waals surface area contributed by atoms with Crippen molar-refractivity contribution < 1.29 is 9.18 Å². The second-order valence-corrected chi connectivity index (χ2v) is 6.35. The number of carbonyl (C=O) groups is 1. The molecule has 2 nitrogen and oxygen atoms in total. The van der Waals surface area contributed by atoms with E-state index in [0.29, 0.717) is 34.8 Å². The molecular formula is C20H17ClFNO. The minimum Gasteiger partial charge on any atom is -0.298 e. The van der Waals surface area contributed by atoms with Crippen LogP contribution in [0.4, 0.5) is 4.39 Å². The number of ketones is 1. The van der Waals surface area contributed by atoms with Crippen molar-refractivity contribution in [2.45, 2.75) is 0 Å². The molecule has 0 bridgehead atoms. The third-order valence-electron chi connectivity index (χ3n) is 3.91. The lowest BCUT2D eigenvalue weighted by Gasteiger charge is -2.26. The second-order valence-electron chi connectivity index (χ2n) is 5.91. The van der Waals surface area contributed by atoms with Gasteiger partial charge in [-0.15, -0.1) is 0 Å². The average Bonchev–Trinajstić information content (AvgIpc) is 2.56. The molecule has 24 heavy (non-hydrogen) atoms. The molecular weight excluding hydrogens is 325 g/mol. The van der Waals surface area contributed by atoms with E-state index in [-0.39, 0.29) is 11.6 Å². The van der Waals surface area contributed by atoms with Gasteiger partial charge in [0, 0.05) is 34.8 Å². The summed E-state index contributed by atoms with van der Waals surface area (Å²) in [5.74, 6) is -0.361. The highest BCUT2D eigenvalue weighted by Gasteiger charge is 2.24. The van der Waals surface area contributed by atoms with Crippen LogP contribution in [0.3, 0.4) is 0 Å². The van der Waals surface area contributed by atoms with Crippen LogP contribution in [0.2, 0.25) is 5.02 Å². The smallest absolute Gasteiger partial charge is 0.187 e. The van der Waals surface area contributed by atoms with Gasteiger partial charge < -0.3 is 0 Å². The number of hydrogen-bond acceptors (Lipinski definition) is 2. The summed E-state index contributed by atoms with van der Waals surface area (Å²) >= 11 is 5.89. The van der Waals surface area contributed by atoms with Crippen LogP contribution >= 0.6 is 11.6 Å². The molecule has 2 aromatic rings. The highest BCUT2D eigenvalue weighted by Crippen LogP contribution is 2.22. The molecule has 1 heterocycles. The van der Waals surface area contributed by atoms with E-state index in [0.717, 1.165) is 5.56 Å². The van der Waals surface area contributed by atoms with Gasteiger partial charge >= 0.3 is 0 Å². The minimum atomic E-state index is -0.325. The highest BCUT2D eigenvalue weighted by atomic mass is 35.5. The SMILES string of the molecule is CN1C/C(=C\c2ccc(Cl)cc2)C(=O)/C(=C/c2ccccc2F)C1. The number of hydrogen-bond donors (Lipinski definition) is 0. The fraction of sp³-hybridized carbons (Fsp3) is 0.150. The lowest BCUT2D eigenvalue weighted by atomic mass is 9.94. The van der Waals surface area contributed by atoms with Crippen LogP contribution in [0.1, 0.15) is 11.1 Å². The lowest BCUT2D eigenvalue weighted by Crippen LogP contribution is -2.34. The molecule has 1 aliphatic rings. The van der Waals surface area contributed by atoms with E-state index in [1.54, 1.807) is 36.4 Å². The van der Waals surface area contributed by atoms with Crippen LogP contribution in [0.15, 0.2) is 59.7 Å². The molecule has 0 unspecified atom stereocenters. The molecule has 0 aliphatic carbocycles. The summed E-state index contributed by atoms with van der Waals surface area (Å²) in [6.07, 6.45) is 3.51. The summed E-state index contributed by atoms with van der Waals surface area (Å²) in [7, 11) is 1.94. The Kier molecular flexibility index (Phi) is 4.93. The Bertz CT molecular complexity index is 824. The maximum atomic E-state index is 13.9. The largest absolute Gasteiger partial charge is 0.298 e. The van der Waals surface area contributed by atoms with E-state index < -0.39 is 0 Å². The Morgan fingerprint density at radius 2 is 1.62 bits per heavy atom.